The van der Waals surface area contributed by atoms with Gasteiger partial charge in [0.1, 0.15) is 11.3 Å². The molecule has 1 unspecified atom stereocenters. The molecule has 136 valence electrons. The first-order valence-corrected chi connectivity index (χ1v) is 8.17. The van der Waals surface area contributed by atoms with E-state index in [-0.39, 0.29) is 29.7 Å². The summed E-state index contributed by atoms with van der Waals surface area (Å²) in [7, 11) is 0. The number of phenolic OH excluding ortho intramolecular Hbond substituents is 1. The number of phenols is 1. The van der Waals surface area contributed by atoms with Crippen LogP contribution in [-0.4, -0.2) is 29.9 Å². The zero-order valence-corrected chi connectivity index (χ0v) is 14.6. The SMILES string of the molecule is CC(OC(=O)c1ccc(Cl)cc1O)C(=O)NCc1ccc2c(c1)OCO2. The number of nitrogens with one attached hydrogen (secondary N) is 1. The summed E-state index contributed by atoms with van der Waals surface area (Å²) in [5.74, 6) is -0.315. The van der Waals surface area contributed by atoms with Gasteiger partial charge >= 0.3 is 5.97 Å². The summed E-state index contributed by atoms with van der Waals surface area (Å²) in [6.07, 6.45) is -1.04. The van der Waals surface area contributed by atoms with Crippen LogP contribution in [0, 0.1) is 0 Å². The number of halogens is 1. The van der Waals surface area contributed by atoms with Crippen LogP contribution in [0.25, 0.3) is 0 Å². The molecule has 0 saturated heterocycles. The third-order valence-electron chi connectivity index (χ3n) is 3.74. The lowest BCUT2D eigenvalue weighted by atomic mass is 10.2. The lowest BCUT2D eigenvalue weighted by Gasteiger charge is -2.14. The number of fused-ring (bicyclic) bond motifs is 1. The number of hydrogen-bond acceptors (Lipinski definition) is 6. The van der Waals surface area contributed by atoms with E-state index in [0.717, 1.165) is 5.56 Å². The first-order valence-electron chi connectivity index (χ1n) is 7.80. The summed E-state index contributed by atoms with van der Waals surface area (Å²) in [4.78, 5) is 24.2. The van der Waals surface area contributed by atoms with Gasteiger partial charge in [0, 0.05) is 11.6 Å². The molecular weight excluding hydrogens is 362 g/mol. The fraction of sp³-hybridized carbons (Fsp3) is 0.222. The molecule has 1 amide bonds. The largest absolute Gasteiger partial charge is 0.507 e. The Morgan fingerprint density at radius 2 is 2.00 bits per heavy atom. The van der Waals surface area contributed by atoms with Crippen molar-refractivity contribution < 1.29 is 28.9 Å². The molecule has 7 nitrogen and oxygen atoms in total. The van der Waals surface area contributed by atoms with Crippen LogP contribution in [0.5, 0.6) is 17.2 Å². The summed E-state index contributed by atoms with van der Waals surface area (Å²) in [6, 6.07) is 9.33. The van der Waals surface area contributed by atoms with Crippen molar-refractivity contribution >= 4 is 23.5 Å². The number of hydrogen-bond donors (Lipinski definition) is 2. The molecule has 0 bridgehead atoms. The van der Waals surface area contributed by atoms with Crippen LogP contribution in [0.4, 0.5) is 0 Å². The molecule has 0 radical (unpaired) electrons. The molecule has 2 aromatic rings. The number of carbonyl (C=O) groups excluding carboxylic acids is 2. The fourth-order valence-corrected chi connectivity index (χ4v) is 2.51. The van der Waals surface area contributed by atoms with E-state index in [1.165, 1.54) is 25.1 Å². The molecule has 1 aliphatic heterocycles. The summed E-state index contributed by atoms with van der Waals surface area (Å²) in [5.41, 5.74) is 0.751. The van der Waals surface area contributed by atoms with Gasteiger partial charge in [0.2, 0.25) is 6.79 Å². The van der Waals surface area contributed by atoms with Crippen molar-refractivity contribution in [1.29, 1.82) is 0 Å². The van der Waals surface area contributed by atoms with Gasteiger partial charge in [0.15, 0.2) is 17.6 Å². The van der Waals surface area contributed by atoms with E-state index < -0.39 is 18.0 Å². The van der Waals surface area contributed by atoms with E-state index in [0.29, 0.717) is 11.5 Å². The van der Waals surface area contributed by atoms with Crippen molar-refractivity contribution in [3.05, 3.63) is 52.5 Å². The second-order valence-corrected chi connectivity index (χ2v) is 6.05. The van der Waals surface area contributed by atoms with Crippen molar-refractivity contribution in [2.45, 2.75) is 19.6 Å². The maximum atomic E-state index is 12.1. The third-order valence-corrected chi connectivity index (χ3v) is 3.97. The Labute approximate surface area is 154 Å². The first kappa shape index (κ1) is 17.9. The molecule has 2 aromatic carbocycles. The minimum atomic E-state index is -1.04. The van der Waals surface area contributed by atoms with Gasteiger partial charge < -0.3 is 24.6 Å². The molecule has 8 heteroatoms. The zero-order chi connectivity index (χ0) is 18.7. The number of ether oxygens (including phenoxy) is 3. The van der Waals surface area contributed by atoms with E-state index in [4.69, 9.17) is 25.8 Å². The first-order chi connectivity index (χ1) is 12.4. The van der Waals surface area contributed by atoms with Gasteiger partial charge in [0.25, 0.3) is 5.91 Å². The lowest BCUT2D eigenvalue weighted by molar-refractivity contribution is -0.129. The topological polar surface area (TPSA) is 94.1 Å². The monoisotopic (exact) mass is 377 g/mol. The van der Waals surface area contributed by atoms with Crippen LogP contribution >= 0.6 is 11.6 Å². The fourth-order valence-electron chi connectivity index (χ4n) is 2.34. The Balaban J connectivity index is 1.55. The Morgan fingerprint density at radius 1 is 1.23 bits per heavy atom. The Kier molecular flexibility index (Phi) is 5.18. The molecule has 0 saturated carbocycles. The van der Waals surface area contributed by atoms with Crippen LogP contribution in [0.2, 0.25) is 5.02 Å². The molecule has 0 aromatic heterocycles. The van der Waals surface area contributed by atoms with Gasteiger partial charge in [-0.1, -0.05) is 17.7 Å². The summed E-state index contributed by atoms with van der Waals surface area (Å²) in [6.45, 7) is 1.86. The molecule has 0 fully saturated rings. The van der Waals surface area contributed by atoms with E-state index in [1.807, 2.05) is 0 Å². The average molecular weight is 378 g/mol. The normalized spacial score (nSPS) is 13.2. The van der Waals surface area contributed by atoms with Crippen LogP contribution in [0.1, 0.15) is 22.8 Å². The van der Waals surface area contributed by atoms with Crippen molar-refractivity contribution in [2.75, 3.05) is 6.79 Å². The highest BCUT2D eigenvalue weighted by molar-refractivity contribution is 6.30. The number of rotatable bonds is 5. The lowest BCUT2D eigenvalue weighted by Crippen LogP contribution is -2.35. The van der Waals surface area contributed by atoms with Crippen molar-refractivity contribution in [3.8, 4) is 17.2 Å². The zero-order valence-electron chi connectivity index (χ0n) is 13.8. The van der Waals surface area contributed by atoms with Crippen LogP contribution < -0.4 is 14.8 Å². The highest BCUT2D eigenvalue weighted by atomic mass is 35.5. The molecule has 26 heavy (non-hydrogen) atoms. The maximum absolute atomic E-state index is 12.1. The quantitative estimate of drug-likeness (QED) is 0.778. The predicted octanol–water partition coefficient (Wildman–Crippen LogP) is 2.64. The van der Waals surface area contributed by atoms with E-state index >= 15 is 0 Å². The highest BCUT2D eigenvalue weighted by Crippen LogP contribution is 2.32. The van der Waals surface area contributed by atoms with Crippen molar-refractivity contribution in [1.82, 2.24) is 5.32 Å². The maximum Gasteiger partial charge on any atom is 0.342 e. The van der Waals surface area contributed by atoms with Gasteiger partial charge in [-0.25, -0.2) is 4.79 Å². The Hall–Kier alpha value is -2.93. The number of benzene rings is 2. The molecule has 3 rings (SSSR count). The van der Waals surface area contributed by atoms with Crippen molar-refractivity contribution in [2.24, 2.45) is 0 Å². The van der Waals surface area contributed by atoms with Gasteiger partial charge in [-0.05, 0) is 42.8 Å². The molecular formula is C18H16ClNO6. The van der Waals surface area contributed by atoms with Gasteiger partial charge in [-0.2, -0.15) is 0 Å². The second-order valence-electron chi connectivity index (χ2n) is 5.61. The van der Waals surface area contributed by atoms with Gasteiger partial charge in [-0.3, -0.25) is 4.79 Å². The Morgan fingerprint density at radius 3 is 2.77 bits per heavy atom. The van der Waals surface area contributed by atoms with Crippen molar-refractivity contribution in [3.63, 3.8) is 0 Å². The second kappa shape index (κ2) is 7.53. The van der Waals surface area contributed by atoms with E-state index in [2.05, 4.69) is 5.32 Å². The van der Waals surface area contributed by atoms with Crippen LogP contribution in [0.3, 0.4) is 0 Å². The smallest absolute Gasteiger partial charge is 0.342 e. The highest BCUT2D eigenvalue weighted by Gasteiger charge is 2.21. The number of aromatic hydroxyl groups is 1. The predicted molar refractivity (Wildman–Crippen MR) is 92.4 cm³/mol. The Bertz CT molecular complexity index is 854. The van der Waals surface area contributed by atoms with Gasteiger partial charge in [0.05, 0.1) is 0 Å². The van der Waals surface area contributed by atoms with E-state index in [1.54, 1.807) is 18.2 Å². The van der Waals surface area contributed by atoms with Crippen LogP contribution in [-0.2, 0) is 16.1 Å². The minimum absolute atomic E-state index is 0.0650. The molecule has 1 atom stereocenters. The molecule has 2 N–H and O–H groups in total. The van der Waals surface area contributed by atoms with Gasteiger partial charge in [-0.15, -0.1) is 0 Å². The summed E-state index contributed by atoms with van der Waals surface area (Å²) >= 11 is 5.72. The minimum Gasteiger partial charge on any atom is -0.507 e. The molecule has 1 aliphatic rings. The van der Waals surface area contributed by atoms with Crippen LogP contribution in [0.15, 0.2) is 36.4 Å². The standard InChI is InChI=1S/C18H16ClNO6/c1-10(26-18(23)13-4-3-12(19)7-14(13)21)17(22)20-8-11-2-5-15-16(6-11)25-9-24-15/h2-7,10,21H,8-9H2,1H3,(H,20,22). The number of carbonyl (C=O) groups is 2. The summed E-state index contributed by atoms with van der Waals surface area (Å²) < 4.78 is 15.6. The van der Waals surface area contributed by atoms with E-state index in [9.17, 15) is 14.7 Å². The number of esters is 1. The average Bonchev–Trinajstić information content (AvgIpc) is 3.07. The molecule has 0 aliphatic carbocycles. The summed E-state index contributed by atoms with van der Waals surface area (Å²) in [5, 5.41) is 12.7. The number of amides is 1. The molecule has 1 heterocycles. The molecule has 0 spiro atoms. The third kappa shape index (κ3) is 4.00.